The molecule has 0 aromatic rings. The van der Waals surface area contributed by atoms with E-state index in [0.717, 1.165) is 0 Å². The topological polar surface area (TPSA) is 86.2 Å². The molecule has 5 heteroatoms. The fourth-order valence-electron chi connectivity index (χ4n) is 0.934. The molecule has 0 saturated heterocycles. The van der Waals surface area contributed by atoms with E-state index in [0.29, 0.717) is 9.81 Å². The zero-order valence-electron chi connectivity index (χ0n) is 5.69. The van der Waals surface area contributed by atoms with Crippen molar-refractivity contribution < 1.29 is 8.42 Å². The zero-order chi connectivity index (χ0) is 8.48. The van der Waals surface area contributed by atoms with E-state index >= 15 is 0 Å². The first-order valence-electron chi connectivity index (χ1n) is 2.90. The van der Waals surface area contributed by atoms with Crippen LogP contribution in [0.15, 0.2) is 34.1 Å². The molecule has 0 spiro atoms. The van der Waals surface area contributed by atoms with E-state index < -0.39 is 9.84 Å². The van der Waals surface area contributed by atoms with Crippen LogP contribution in [0.2, 0.25) is 0 Å². The molecule has 2 aliphatic rings. The number of hydrogen-bond donors (Lipinski definition) is 2. The molecule has 2 aliphatic heterocycles. The molecule has 0 aliphatic carbocycles. The predicted molar refractivity (Wildman–Crippen MR) is 42.6 cm³/mol. The van der Waals surface area contributed by atoms with Crippen molar-refractivity contribution in [3.8, 4) is 0 Å². The Morgan fingerprint density at radius 3 is 1.45 bits per heavy atom. The Labute approximate surface area is 64.8 Å². The van der Waals surface area contributed by atoms with Crippen LogP contribution in [0.4, 0.5) is 0 Å². The number of allylic oxidation sites excluding steroid dienone is 4. The maximum atomic E-state index is 11.0. The molecule has 0 atom stereocenters. The summed E-state index contributed by atoms with van der Waals surface area (Å²) in [5, 5.41) is 0. The minimum absolute atomic E-state index is 0.428. The summed E-state index contributed by atoms with van der Waals surface area (Å²) < 4.78 is 21.9. The standard InChI is InChI=1S/C6H4O2S.H4N2/c7-9(8)5-1-2-6(9)4-3-5;1-2/h1-4H;1-2H2. The molecule has 0 aromatic carbocycles. The van der Waals surface area contributed by atoms with Gasteiger partial charge in [-0.2, -0.15) is 0 Å². The first kappa shape index (κ1) is 8.19. The van der Waals surface area contributed by atoms with Crippen LogP contribution in [0, 0.1) is 0 Å². The monoisotopic (exact) mass is 172 g/mol. The van der Waals surface area contributed by atoms with Gasteiger partial charge in [0.05, 0.1) is 9.81 Å². The van der Waals surface area contributed by atoms with Gasteiger partial charge in [-0.15, -0.1) is 0 Å². The van der Waals surface area contributed by atoms with Crippen LogP contribution in [-0.4, -0.2) is 8.42 Å². The number of hydrazine groups is 1. The molecule has 60 valence electrons. The third kappa shape index (κ3) is 1.03. The van der Waals surface area contributed by atoms with E-state index in [1.807, 2.05) is 0 Å². The lowest BCUT2D eigenvalue weighted by atomic mass is 10.3. The van der Waals surface area contributed by atoms with Gasteiger partial charge in [0.2, 0.25) is 9.84 Å². The minimum atomic E-state index is -2.98. The normalized spacial score (nSPS) is 22.0. The van der Waals surface area contributed by atoms with Gasteiger partial charge in [0, 0.05) is 0 Å². The van der Waals surface area contributed by atoms with Gasteiger partial charge in [0.15, 0.2) is 0 Å². The molecule has 2 rings (SSSR count). The highest BCUT2D eigenvalue weighted by Gasteiger charge is 2.28. The molecule has 4 nitrogen and oxygen atoms in total. The van der Waals surface area contributed by atoms with E-state index in [9.17, 15) is 8.42 Å². The van der Waals surface area contributed by atoms with Gasteiger partial charge in [-0.05, 0) is 24.3 Å². The van der Waals surface area contributed by atoms with Crippen molar-refractivity contribution >= 4 is 9.84 Å². The second-order valence-corrected chi connectivity index (χ2v) is 3.92. The molecular formula is C6H8N2O2S. The van der Waals surface area contributed by atoms with Gasteiger partial charge in [-0.1, -0.05) is 0 Å². The number of sulfone groups is 1. The lowest BCUT2D eigenvalue weighted by Crippen LogP contribution is -2.02. The van der Waals surface area contributed by atoms with Gasteiger partial charge < -0.3 is 0 Å². The third-order valence-corrected chi connectivity index (χ3v) is 3.23. The van der Waals surface area contributed by atoms with E-state index in [1.54, 1.807) is 24.3 Å². The molecule has 0 unspecified atom stereocenters. The van der Waals surface area contributed by atoms with Crippen molar-refractivity contribution in [3.05, 3.63) is 34.1 Å². The fourth-order valence-corrected chi connectivity index (χ4v) is 2.19. The predicted octanol–water partition coefficient (Wildman–Crippen LogP) is -0.429. The van der Waals surface area contributed by atoms with Crippen molar-refractivity contribution in [1.82, 2.24) is 0 Å². The molecule has 4 N–H and O–H groups in total. The van der Waals surface area contributed by atoms with Gasteiger partial charge >= 0.3 is 0 Å². The van der Waals surface area contributed by atoms with E-state index in [-0.39, 0.29) is 0 Å². The summed E-state index contributed by atoms with van der Waals surface area (Å²) >= 11 is 0. The first-order valence-corrected chi connectivity index (χ1v) is 4.38. The van der Waals surface area contributed by atoms with Crippen LogP contribution in [0.25, 0.3) is 0 Å². The Morgan fingerprint density at radius 1 is 1.00 bits per heavy atom. The quantitative estimate of drug-likeness (QED) is 0.383. The molecule has 0 amide bonds. The highest BCUT2D eigenvalue weighted by molar-refractivity contribution is 8.00. The molecule has 2 bridgehead atoms. The van der Waals surface area contributed by atoms with Crippen LogP contribution < -0.4 is 11.7 Å². The average molecular weight is 172 g/mol. The Bertz CT molecular complexity index is 321. The van der Waals surface area contributed by atoms with Crippen LogP contribution >= 0.6 is 0 Å². The Hall–Kier alpha value is -0.910. The smallest absolute Gasteiger partial charge is 0.206 e. The second-order valence-electron chi connectivity index (χ2n) is 1.97. The first-order chi connectivity index (χ1) is 5.21. The highest BCUT2D eigenvalue weighted by Crippen LogP contribution is 2.32. The Morgan fingerprint density at radius 2 is 1.36 bits per heavy atom. The number of nitrogens with two attached hydrogens (primary N) is 2. The van der Waals surface area contributed by atoms with Crippen molar-refractivity contribution in [1.29, 1.82) is 0 Å². The van der Waals surface area contributed by atoms with Crippen molar-refractivity contribution in [2.75, 3.05) is 0 Å². The summed E-state index contributed by atoms with van der Waals surface area (Å²) in [5.74, 6) is 8.00. The minimum Gasteiger partial charge on any atom is -0.274 e. The lowest BCUT2D eigenvalue weighted by Gasteiger charge is -1.86. The number of fused-ring (bicyclic) bond motifs is 2. The molecule has 0 aromatic heterocycles. The van der Waals surface area contributed by atoms with E-state index in [4.69, 9.17) is 0 Å². The molecule has 0 fully saturated rings. The summed E-state index contributed by atoms with van der Waals surface area (Å²) in [7, 11) is -2.98. The Kier molecular flexibility index (Phi) is 1.95. The molecule has 2 heterocycles. The molecule has 0 saturated carbocycles. The van der Waals surface area contributed by atoms with E-state index in [1.165, 1.54) is 0 Å². The van der Waals surface area contributed by atoms with Crippen LogP contribution in [0.1, 0.15) is 0 Å². The zero-order valence-corrected chi connectivity index (χ0v) is 6.51. The largest absolute Gasteiger partial charge is 0.274 e. The summed E-state index contributed by atoms with van der Waals surface area (Å²) in [6, 6.07) is 0. The van der Waals surface area contributed by atoms with Gasteiger partial charge in [0.1, 0.15) is 0 Å². The number of hydrogen-bond acceptors (Lipinski definition) is 4. The van der Waals surface area contributed by atoms with Crippen molar-refractivity contribution in [3.63, 3.8) is 0 Å². The van der Waals surface area contributed by atoms with Gasteiger partial charge in [0.25, 0.3) is 0 Å². The molecule has 11 heavy (non-hydrogen) atoms. The van der Waals surface area contributed by atoms with Crippen molar-refractivity contribution in [2.24, 2.45) is 11.7 Å². The average Bonchev–Trinajstić information content (AvgIpc) is 2.47. The SMILES string of the molecule is NN.O=S1(=O)C2=CC=C1C=C2. The second kappa shape index (κ2) is 2.61. The fraction of sp³-hybridized carbons (Fsp3) is 0. The summed E-state index contributed by atoms with van der Waals surface area (Å²) in [6.45, 7) is 0. The number of rotatable bonds is 0. The maximum absolute atomic E-state index is 11.0. The Balaban J connectivity index is 0.000000281. The van der Waals surface area contributed by atoms with Crippen molar-refractivity contribution in [2.45, 2.75) is 0 Å². The highest BCUT2D eigenvalue weighted by atomic mass is 32.2. The molecular weight excluding hydrogens is 164 g/mol. The van der Waals surface area contributed by atoms with Crippen LogP contribution in [-0.2, 0) is 9.84 Å². The van der Waals surface area contributed by atoms with Gasteiger partial charge in [-0.3, -0.25) is 11.7 Å². The maximum Gasteiger partial charge on any atom is 0.206 e. The summed E-state index contributed by atoms with van der Waals surface area (Å²) in [4.78, 5) is 0.856. The van der Waals surface area contributed by atoms with Crippen LogP contribution in [0.3, 0.4) is 0 Å². The lowest BCUT2D eigenvalue weighted by molar-refractivity contribution is 0.611. The van der Waals surface area contributed by atoms with Crippen LogP contribution in [0.5, 0.6) is 0 Å². The third-order valence-electron chi connectivity index (χ3n) is 1.44. The van der Waals surface area contributed by atoms with Gasteiger partial charge in [-0.25, -0.2) is 8.42 Å². The summed E-state index contributed by atoms with van der Waals surface area (Å²) in [6.07, 6.45) is 6.46. The summed E-state index contributed by atoms with van der Waals surface area (Å²) in [5.41, 5.74) is 0. The van der Waals surface area contributed by atoms with E-state index in [2.05, 4.69) is 11.7 Å². The molecule has 0 radical (unpaired) electrons.